The van der Waals surface area contributed by atoms with E-state index >= 15 is 0 Å². The number of pyridine rings is 1. The van der Waals surface area contributed by atoms with Gasteiger partial charge in [0.25, 0.3) is 5.91 Å². The lowest BCUT2D eigenvalue weighted by atomic mass is 10.2. The normalized spacial score (nSPS) is 13.8. The zero-order valence-electron chi connectivity index (χ0n) is 16.2. The Bertz CT molecular complexity index is 1240. The Morgan fingerprint density at radius 3 is 2.77 bits per heavy atom. The second-order valence-corrected chi connectivity index (χ2v) is 8.44. The highest BCUT2D eigenvalue weighted by Crippen LogP contribution is 2.28. The molecule has 0 radical (unpaired) electrons. The quantitative estimate of drug-likeness (QED) is 0.569. The van der Waals surface area contributed by atoms with Crippen molar-refractivity contribution in [3.8, 4) is 0 Å². The molecule has 0 atom stereocenters. The molecule has 0 unspecified atom stereocenters. The number of fused-ring (bicyclic) bond motifs is 1. The van der Waals surface area contributed by atoms with Crippen molar-refractivity contribution >= 4 is 39.3 Å². The number of hydrogen-bond acceptors (Lipinski definition) is 6. The van der Waals surface area contributed by atoms with Gasteiger partial charge in [0.15, 0.2) is 0 Å². The summed E-state index contributed by atoms with van der Waals surface area (Å²) < 4.78 is 32.3. The van der Waals surface area contributed by atoms with Gasteiger partial charge in [-0.25, -0.2) is 13.1 Å². The van der Waals surface area contributed by atoms with E-state index in [9.17, 15) is 18.0 Å². The van der Waals surface area contributed by atoms with Gasteiger partial charge in [-0.15, -0.1) is 0 Å². The summed E-state index contributed by atoms with van der Waals surface area (Å²) in [5, 5.41) is 2.67. The van der Waals surface area contributed by atoms with Crippen LogP contribution in [0.15, 0.2) is 76.5 Å². The van der Waals surface area contributed by atoms with Crippen LogP contribution in [0.25, 0.3) is 6.08 Å². The van der Waals surface area contributed by atoms with Crippen molar-refractivity contribution in [2.45, 2.75) is 11.4 Å². The Balaban J connectivity index is 1.44. The predicted molar refractivity (Wildman–Crippen MR) is 113 cm³/mol. The second-order valence-electron chi connectivity index (χ2n) is 6.67. The topological polar surface area (TPSA) is 122 Å². The number of anilines is 2. The summed E-state index contributed by atoms with van der Waals surface area (Å²) >= 11 is 0. The van der Waals surface area contributed by atoms with E-state index in [1.54, 1.807) is 42.6 Å². The van der Waals surface area contributed by atoms with Gasteiger partial charge in [-0.2, -0.15) is 0 Å². The molecule has 158 valence electrons. The van der Waals surface area contributed by atoms with E-state index in [2.05, 4.69) is 15.0 Å². The molecule has 0 fully saturated rings. The largest absolute Gasteiger partial charge is 0.468 e. The van der Waals surface area contributed by atoms with E-state index in [-0.39, 0.29) is 29.8 Å². The number of benzene rings is 1. The maximum absolute atomic E-state index is 12.6. The zero-order chi connectivity index (χ0) is 21.8. The third-order valence-corrected chi connectivity index (χ3v) is 5.97. The van der Waals surface area contributed by atoms with Crippen molar-refractivity contribution in [3.05, 3.63) is 78.5 Å². The molecule has 0 aliphatic carbocycles. The van der Waals surface area contributed by atoms with E-state index in [1.807, 2.05) is 0 Å². The lowest BCUT2D eigenvalue weighted by Gasteiger charge is -2.27. The first-order valence-electron chi connectivity index (χ1n) is 9.28. The van der Waals surface area contributed by atoms with E-state index in [1.165, 1.54) is 35.6 Å². The molecule has 0 saturated carbocycles. The van der Waals surface area contributed by atoms with Gasteiger partial charge < -0.3 is 9.73 Å². The molecule has 2 aromatic heterocycles. The van der Waals surface area contributed by atoms with Gasteiger partial charge in [-0.05, 0) is 42.0 Å². The van der Waals surface area contributed by atoms with E-state index < -0.39 is 10.0 Å². The minimum absolute atomic E-state index is 0.0475. The van der Waals surface area contributed by atoms with Gasteiger partial charge >= 0.3 is 0 Å². The predicted octanol–water partition coefficient (Wildman–Crippen LogP) is 2.15. The summed E-state index contributed by atoms with van der Waals surface area (Å²) in [6.45, 7) is -0.0510. The van der Waals surface area contributed by atoms with Gasteiger partial charge in [0.2, 0.25) is 15.9 Å². The summed E-state index contributed by atoms with van der Waals surface area (Å²) in [7, 11) is -3.70. The number of rotatable bonds is 6. The Labute approximate surface area is 178 Å². The lowest BCUT2D eigenvalue weighted by molar-refractivity contribution is -0.119. The maximum Gasteiger partial charge on any atom is 0.251 e. The molecule has 9 nitrogen and oxygen atoms in total. The van der Waals surface area contributed by atoms with Crippen molar-refractivity contribution in [2.75, 3.05) is 16.8 Å². The number of hydrogen-bond donors (Lipinski definition) is 2. The van der Waals surface area contributed by atoms with Gasteiger partial charge in [-0.3, -0.25) is 19.5 Å². The minimum Gasteiger partial charge on any atom is -0.468 e. The zero-order valence-corrected chi connectivity index (χ0v) is 17.0. The first-order chi connectivity index (χ1) is 14.9. The van der Waals surface area contributed by atoms with Gasteiger partial charge in [0.05, 0.1) is 35.3 Å². The van der Waals surface area contributed by atoms with Crippen molar-refractivity contribution in [3.63, 3.8) is 0 Å². The molecule has 1 aromatic carbocycles. The van der Waals surface area contributed by atoms with Crippen LogP contribution < -0.4 is 14.9 Å². The molecule has 1 aliphatic rings. The molecule has 31 heavy (non-hydrogen) atoms. The highest BCUT2D eigenvalue weighted by atomic mass is 32.2. The molecule has 2 amide bonds. The summed E-state index contributed by atoms with van der Waals surface area (Å²) in [6, 6.07) is 11.1. The van der Waals surface area contributed by atoms with Crippen LogP contribution in [0.1, 0.15) is 11.3 Å². The highest BCUT2D eigenvalue weighted by molar-refractivity contribution is 7.89. The molecule has 0 saturated heterocycles. The molecule has 10 heteroatoms. The van der Waals surface area contributed by atoms with E-state index in [0.717, 1.165) is 0 Å². The summed E-state index contributed by atoms with van der Waals surface area (Å²) in [4.78, 5) is 29.9. The fourth-order valence-electron chi connectivity index (χ4n) is 3.01. The number of aromatic nitrogens is 1. The Hall–Kier alpha value is -3.76. The summed E-state index contributed by atoms with van der Waals surface area (Å²) in [6.07, 6.45) is 7.39. The van der Waals surface area contributed by atoms with Crippen molar-refractivity contribution in [1.82, 2.24) is 9.71 Å². The minimum atomic E-state index is -3.70. The van der Waals surface area contributed by atoms with Crippen LogP contribution in [0, 0.1) is 0 Å². The molecule has 0 spiro atoms. The highest BCUT2D eigenvalue weighted by Gasteiger charge is 2.25. The SMILES string of the molecule is O=C1CN(C(=O)/C=C/c2ccc(S(=O)(=O)NCc3ccco3)cc2)c2ccncc2N1. The summed E-state index contributed by atoms with van der Waals surface area (Å²) in [5.41, 5.74) is 1.67. The summed E-state index contributed by atoms with van der Waals surface area (Å²) in [5.74, 6) is -0.177. The molecular formula is C21H18N4O5S. The molecule has 0 bridgehead atoms. The number of amides is 2. The molecule has 3 aromatic rings. The maximum atomic E-state index is 12.6. The molecule has 2 N–H and O–H groups in total. The number of carbonyl (C=O) groups is 2. The first-order valence-corrected chi connectivity index (χ1v) is 10.8. The molecular weight excluding hydrogens is 420 g/mol. The fourth-order valence-corrected chi connectivity index (χ4v) is 4.01. The number of nitrogens with zero attached hydrogens (tertiary/aromatic N) is 2. The fraction of sp³-hybridized carbons (Fsp3) is 0.0952. The Kier molecular flexibility index (Phi) is 5.65. The van der Waals surface area contributed by atoms with Gasteiger partial charge in [0.1, 0.15) is 12.3 Å². The lowest BCUT2D eigenvalue weighted by Crippen LogP contribution is -2.41. The van der Waals surface area contributed by atoms with Gasteiger partial charge in [0, 0.05) is 12.3 Å². The van der Waals surface area contributed by atoms with Crippen LogP contribution in [-0.4, -0.2) is 31.8 Å². The molecule has 1 aliphatic heterocycles. The average molecular weight is 438 g/mol. The molecule has 3 heterocycles. The van der Waals surface area contributed by atoms with Crippen LogP contribution in [-0.2, 0) is 26.2 Å². The van der Waals surface area contributed by atoms with Crippen molar-refractivity contribution in [2.24, 2.45) is 0 Å². The van der Waals surface area contributed by atoms with Crippen LogP contribution in [0.4, 0.5) is 11.4 Å². The van der Waals surface area contributed by atoms with E-state index in [0.29, 0.717) is 22.7 Å². The van der Waals surface area contributed by atoms with Crippen molar-refractivity contribution in [1.29, 1.82) is 0 Å². The van der Waals surface area contributed by atoms with Crippen LogP contribution in [0.5, 0.6) is 0 Å². The van der Waals surface area contributed by atoms with E-state index in [4.69, 9.17) is 4.42 Å². The number of furan rings is 1. The Morgan fingerprint density at radius 2 is 2.03 bits per heavy atom. The third kappa shape index (κ3) is 4.71. The Morgan fingerprint density at radius 1 is 1.23 bits per heavy atom. The van der Waals surface area contributed by atoms with Crippen LogP contribution >= 0.6 is 0 Å². The molecule has 4 rings (SSSR count). The number of carbonyl (C=O) groups excluding carboxylic acids is 2. The standard InChI is InChI=1S/C21H18N4O5S/c26-20-14-25(19-9-10-22-13-18(19)24-20)21(27)8-5-15-3-6-17(7-4-15)31(28,29)23-12-16-2-1-11-30-16/h1-11,13,23H,12,14H2,(H,24,26)/b8-5+. The smallest absolute Gasteiger partial charge is 0.251 e. The van der Waals surface area contributed by atoms with Gasteiger partial charge in [-0.1, -0.05) is 12.1 Å². The number of sulfonamides is 1. The third-order valence-electron chi connectivity index (χ3n) is 4.56. The van der Waals surface area contributed by atoms with Crippen LogP contribution in [0.2, 0.25) is 0 Å². The average Bonchev–Trinajstić information content (AvgIpc) is 3.30. The van der Waals surface area contributed by atoms with Crippen molar-refractivity contribution < 1.29 is 22.4 Å². The van der Waals surface area contributed by atoms with Crippen LogP contribution in [0.3, 0.4) is 0 Å². The first kappa shape index (κ1) is 20.5. The monoisotopic (exact) mass is 438 g/mol. The second kappa shape index (κ2) is 8.54. The number of nitrogens with one attached hydrogen (secondary N) is 2.